The lowest BCUT2D eigenvalue weighted by atomic mass is 10.1. The van der Waals surface area contributed by atoms with Crippen LogP contribution in [0.2, 0.25) is 0 Å². The van der Waals surface area contributed by atoms with Crippen LogP contribution < -0.4 is 15.4 Å². The molecule has 1 fully saturated rings. The summed E-state index contributed by atoms with van der Waals surface area (Å²) in [5.74, 6) is 0.731. The number of aliphatic imine (C=N–C) groups is 1. The van der Waals surface area contributed by atoms with Gasteiger partial charge in [0.25, 0.3) is 5.91 Å². The topological polar surface area (TPSA) is 83.0 Å². The summed E-state index contributed by atoms with van der Waals surface area (Å²) in [4.78, 5) is 30.3. The number of fused-ring (bicyclic) bond motifs is 2. The second-order valence-corrected chi connectivity index (χ2v) is 6.22. The lowest BCUT2D eigenvalue weighted by molar-refractivity contribution is -0.122. The van der Waals surface area contributed by atoms with Crippen molar-refractivity contribution in [2.24, 2.45) is 4.99 Å². The zero-order valence-corrected chi connectivity index (χ0v) is 14.2. The monoisotopic (exact) mass is 350 g/mol. The fourth-order valence-corrected chi connectivity index (χ4v) is 2.96. The van der Waals surface area contributed by atoms with E-state index in [1.54, 1.807) is 13.0 Å². The molecule has 7 heteroatoms. The van der Waals surface area contributed by atoms with Crippen LogP contribution in [0, 0.1) is 0 Å². The Hall–Kier alpha value is -3.35. The summed E-state index contributed by atoms with van der Waals surface area (Å²) in [6.07, 6.45) is -0.696. The van der Waals surface area contributed by atoms with Gasteiger partial charge in [0, 0.05) is 17.8 Å². The van der Waals surface area contributed by atoms with Gasteiger partial charge in [0.1, 0.15) is 18.0 Å². The van der Waals surface area contributed by atoms with Crippen molar-refractivity contribution in [3.8, 4) is 5.75 Å². The highest BCUT2D eigenvalue weighted by Gasteiger charge is 2.30. The van der Waals surface area contributed by atoms with E-state index in [2.05, 4.69) is 15.6 Å². The third kappa shape index (κ3) is 3.11. The van der Waals surface area contributed by atoms with Gasteiger partial charge in [-0.15, -0.1) is 0 Å². The van der Waals surface area contributed by atoms with Crippen LogP contribution in [0.1, 0.15) is 12.5 Å². The zero-order valence-electron chi connectivity index (χ0n) is 14.2. The first-order chi connectivity index (χ1) is 12.6. The van der Waals surface area contributed by atoms with Crippen molar-refractivity contribution in [2.45, 2.75) is 19.6 Å². The Balaban J connectivity index is 1.52. The largest absolute Gasteiger partial charge is 0.479 e. The number of carbonyl (C=O) groups excluding carboxylic acids is 2. The van der Waals surface area contributed by atoms with E-state index in [1.165, 1.54) is 0 Å². The molecule has 1 unspecified atom stereocenters. The van der Waals surface area contributed by atoms with Crippen LogP contribution in [0.25, 0.3) is 0 Å². The van der Waals surface area contributed by atoms with Crippen LogP contribution in [0.4, 0.5) is 11.4 Å². The second kappa shape index (κ2) is 6.51. The van der Waals surface area contributed by atoms with E-state index in [4.69, 9.17) is 4.74 Å². The molecule has 1 atom stereocenters. The van der Waals surface area contributed by atoms with Crippen molar-refractivity contribution >= 4 is 29.1 Å². The molecule has 0 spiro atoms. The third-order valence-electron chi connectivity index (χ3n) is 4.26. The number of benzene rings is 2. The van der Waals surface area contributed by atoms with E-state index < -0.39 is 6.10 Å². The van der Waals surface area contributed by atoms with Crippen LogP contribution in [-0.4, -0.2) is 35.3 Å². The minimum atomic E-state index is -0.696. The molecule has 0 bridgehead atoms. The molecule has 0 saturated carbocycles. The Bertz CT molecular complexity index is 895. The maximum absolute atomic E-state index is 12.4. The molecule has 2 aliphatic heterocycles. The van der Waals surface area contributed by atoms with Crippen molar-refractivity contribution < 1.29 is 14.3 Å². The van der Waals surface area contributed by atoms with E-state index in [-0.39, 0.29) is 11.8 Å². The second-order valence-electron chi connectivity index (χ2n) is 6.22. The van der Waals surface area contributed by atoms with E-state index in [0.29, 0.717) is 36.2 Å². The molecular formula is C19H18N4O3. The Morgan fingerprint density at radius 1 is 1.19 bits per heavy atom. The maximum atomic E-state index is 12.4. The van der Waals surface area contributed by atoms with E-state index in [1.807, 2.05) is 47.4 Å². The van der Waals surface area contributed by atoms with Crippen molar-refractivity contribution in [1.29, 1.82) is 0 Å². The molecule has 7 nitrogen and oxygen atoms in total. The number of ether oxygens (including phenoxy) is 1. The molecule has 2 aliphatic rings. The highest BCUT2D eigenvalue weighted by Crippen LogP contribution is 2.36. The molecule has 2 N–H and O–H groups in total. The molecule has 2 heterocycles. The SMILES string of the molecule is CC(Oc1cccc2c1N=C1NC(=O)CN1C2)C(=O)Nc1ccccc1. The Kier molecular flexibility index (Phi) is 4.04. The molecule has 0 radical (unpaired) electrons. The zero-order chi connectivity index (χ0) is 18.1. The molecule has 0 aliphatic carbocycles. The van der Waals surface area contributed by atoms with Gasteiger partial charge in [0.2, 0.25) is 11.9 Å². The highest BCUT2D eigenvalue weighted by atomic mass is 16.5. The number of rotatable bonds is 4. The third-order valence-corrected chi connectivity index (χ3v) is 4.26. The summed E-state index contributed by atoms with van der Waals surface area (Å²) in [6, 6.07) is 14.8. The summed E-state index contributed by atoms with van der Waals surface area (Å²) in [7, 11) is 0. The number of hydrogen-bond donors (Lipinski definition) is 2. The number of carbonyl (C=O) groups is 2. The fourth-order valence-electron chi connectivity index (χ4n) is 2.96. The normalized spacial score (nSPS) is 16.1. The summed E-state index contributed by atoms with van der Waals surface area (Å²) in [5, 5.41) is 5.55. The summed E-state index contributed by atoms with van der Waals surface area (Å²) in [5.41, 5.74) is 2.33. The maximum Gasteiger partial charge on any atom is 0.265 e. The van der Waals surface area contributed by atoms with Gasteiger partial charge in [-0.3, -0.25) is 14.9 Å². The molecule has 0 aromatic heterocycles. The van der Waals surface area contributed by atoms with Gasteiger partial charge < -0.3 is 15.0 Å². The average Bonchev–Trinajstić information content (AvgIpc) is 3.00. The van der Waals surface area contributed by atoms with Crippen LogP contribution in [0.15, 0.2) is 53.5 Å². The quantitative estimate of drug-likeness (QED) is 0.884. The van der Waals surface area contributed by atoms with Crippen LogP contribution in [-0.2, 0) is 16.1 Å². The molecule has 132 valence electrons. The van der Waals surface area contributed by atoms with E-state index in [9.17, 15) is 9.59 Å². The highest BCUT2D eigenvalue weighted by molar-refractivity contribution is 6.06. The lowest BCUT2D eigenvalue weighted by Gasteiger charge is -2.25. The van der Waals surface area contributed by atoms with Gasteiger partial charge in [-0.05, 0) is 25.1 Å². The number of amides is 2. The number of para-hydroxylation sites is 2. The predicted octanol–water partition coefficient (Wildman–Crippen LogP) is 2.03. The molecule has 4 rings (SSSR count). The average molecular weight is 350 g/mol. The summed E-state index contributed by atoms with van der Waals surface area (Å²) < 4.78 is 5.87. The lowest BCUT2D eigenvalue weighted by Crippen LogP contribution is -2.33. The first-order valence-corrected chi connectivity index (χ1v) is 8.38. The van der Waals surface area contributed by atoms with Crippen LogP contribution in [0.3, 0.4) is 0 Å². The molecule has 2 aromatic rings. The Morgan fingerprint density at radius 2 is 2.00 bits per heavy atom. The number of nitrogens with one attached hydrogen (secondary N) is 2. The first kappa shape index (κ1) is 16.1. The first-order valence-electron chi connectivity index (χ1n) is 8.38. The van der Waals surface area contributed by atoms with Crippen molar-refractivity contribution in [3.63, 3.8) is 0 Å². The Morgan fingerprint density at radius 3 is 2.81 bits per heavy atom. The van der Waals surface area contributed by atoms with Crippen LogP contribution >= 0.6 is 0 Å². The number of anilines is 1. The van der Waals surface area contributed by atoms with Gasteiger partial charge in [-0.1, -0.05) is 30.3 Å². The van der Waals surface area contributed by atoms with Gasteiger partial charge in [-0.25, -0.2) is 4.99 Å². The molecule has 26 heavy (non-hydrogen) atoms. The summed E-state index contributed by atoms with van der Waals surface area (Å²) >= 11 is 0. The molecule has 1 saturated heterocycles. The number of hydrogen-bond acceptors (Lipinski definition) is 5. The minimum Gasteiger partial charge on any atom is -0.479 e. The number of nitrogens with zero attached hydrogens (tertiary/aromatic N) is 2. The molecule has 2 aromatic carbocycles. The van der Waals surface area contributed by atoms with Gasteiger partial charge in [-0.2, -0.15) is 0 Å². The molecule has 2 amide bonds. The van der Waals surface area contributed by atoms with Gasteiger partial charge in [0.15, 0.2) is 6.10 Å². The minimum absolute atomic E-state index is 0.0744. The van der Waals surface area contributed by atoms with Crippen LogP contribution in [0.5, 0.6) is 5.75 Å². The van der Waals surface area contributed by atoms with Crippen molar-refractivity contribution in [3.05, 3.63) is 54.1 Å². The molecular weight excluding hydrogens is 332 g/mol. The smallest absolute Gasteiger partial charge is 0.265 e. The van der Waals surface area contributed by atoms with Gasteiger partial charge in [0.05, 0.1) is 0 Å². The Labute approximate surface area is 150 Å². The van der Waals surface area contributed by atoms with Gasteiger partial charge >= 0.3 is 0 Å². The van der Waals surface area contributed by atoms with Crippen molar-refractivity contribution in [1.82, 2.24) is 10.2 Å². The fraction of sp³-hybridized carbons (Fsp3) is 0.211. The van der Waals surface area contributed by atoms with Crippen molar-refractivity contribution in [2.75, 3.05) is 11.9 Å². The predicted molar refractivity (Wildman–Crippen MR) is 97.3 cm³/mol. The number of guanidine groups is 1. The summed E-state index contributed by atoms with van der Waals surface area (Å²) in [6.45, 7) is 2.57. The van der Waals surface area contributed by atoms with E-state index >= 15 is 0 Å². The van der Waals surface area contributed by atoms with E-state index in [0.717, 1.165) is 5.56 Å². The standard InChI is InChI=1S/C19H18N4O3/c1-12(18(25)20-14-7-3-2-4-8-14)26-15-9-5-6-13-10-23-11-16(24)21-19(23)22-17(13)15/h2-9,12H,10-11H2,1H3,(H,20,25)(H,21,22,24).